The monoisotopic (exact) mass is 301 g/mol. The minimum absolute atomic E-state index is 0.245. The fourth-order valence-electron chi connectivity index (χ4n) is 1.63. The summed E-state index contributed by atoms with van der Waals surface area (Å²) in [5.74, 6) is -0.245. The average molecular weight is 302 g/mol. The van der Waals surface area contributed by atoms with Gasteiger partial charge in [-0.3, -0.25) is 0 Å². The maximum Gasteiger partial charge on any atom is 0.573 e. The number of halogens is 4. The molecule has 2 aromatic carbocycles. The molecule has 20 heavy (non-hydrogen) atoms. The van der Waals surface area contributed by atoms with Gasteiger partial charge >= 0.3 is 6.36 Å². The van der Waals surface area contributed by atoms with Crippen LogP contribution in [0.5, 0.6) is 5.75 Å². The van der Waals surface area contributed by atoms with Crippen molar-refractivity contribution in [1.29, 1.82) is 0 Å². The van der Waals surface area contributed by atoms with Gasteiger partial charge in [0, 0.05) is 17.3 Å². The smallest absolute Gasteiger partial charge is 0.406 e. The number of benzene rings is 2. The highest BCUT2D eigenvalue weighted by atomic mass is 35.5. The van der Waals surface area contributed by atoms with Gasteiger partial charge < -0.3 is 10.1 Å². The van der Waals surface area contributed by atoms with Crippen molar-refractivity contribution in [3.8, 4) is 5.75 Å². The third kappa shape index (κ3) is 4.66. The summed E-state index contributed by atoms with van der Waals surface area (Å²) in [5.41, 5.74) is 1.67. The Morgan fingerprint density at radius 3 is 2.35 bits per heavy atom. The Kier molecular flexibility index (Phi) is 4.39. The standard InChI is InChI=1S/C14H11ClF3NO/c15-11-3-1-2-10(8-11)9-19-12-4-6-13(7-5-12)20-14(16,17)18/h1-8,19H,9H2. The summed E-state index contributed by atoms with van der Waals surface area (Å²) in [4.78, 5) is 0. The van der Waals surface area contributed by atoms with E-state index in [4.69, 9.17) is 11.6 Å². The normalized spacial score (nSPS) is 11.2. The van der Waals surface area contributed by atoms with Crippen LogP contribution in [-0.4, -0.2) is 6.36 Å². The van der Waals surface area contributed by atoms with Crippen molar-refractivity contribution >= 4 is 17.3 Å². The van der Waals surface area contributed by atoms with E-state index < -0.39 is 6.36 Å². The van der Waals surface area contributed by atoms with Crippen molar-refractivity contribution in [2.24, 2.45) is 0 Å². The summed E-state index contributed by atoms with van der Waals surface area (Å²) in [6.45, 7) is 0.528. The molecule has 2 nitrogen and oxygen atoms in total. The molecule has 0 saturated carbocycles. The summed E-state index contributed by atoms with van der Waals surface area (Å²) in [6, 6.07) is 12.9. The minimum atomic E-state index is -4.67. The highest BCUT2D eigenvalue weighted by Gasteiger charge is 2.30. The highest BCUT2D eigenvalue weighted by molar-refractivity contribution is 6.30. The van der Waals surface area contributed by atoms with Crippen LogP contribution in [0.1, 0.15) is 5.56 Å². The van der Waals surface area contributed by atoms with Gasteiger partial charge in [0.1, 0.15) is 5.75 Å². The zero-order valence-electron chi connectivity index (χ0n) is 10.2. The number of anilines is 1. The number of alkyl halides is 3. The summed E-state index contributed by atoms with van der Waals surface area (Å²) in [5, 5.41) is 3.72. The third-order valence-electron chi connectivity index (χ3n) is 2.47. The van der Waals surface area contributed by atoms with Crippen LogP contribution in [0.15, 0.2) is 48.5 Å². The Bertz CT molecular complexity index is 569. The number of ether oxygens (including phenoxy) is 1. The van der Waals surface area contributed by atoms with E-state index in [0.29, 0.717) is 17.3 Å². The molecule has 0 saturated heterocycles. The molecular formula is C14H11ClF3NO. The van der Waals surface area contributed by atoms with Crippen LogP contribution < -0.4 is 10.1 Å². The van der Waals surface area contributed by atoms with Gasteiger partial charge in [0.25, 0.3) is 0 Å². The van der Waals surface area contributed by atoms with Crippen molar-refractivity contribution in [3.63, 3.8) is 0 Å². The molecule has 0 bridgehead atoms. The second-order valence-electron chi connectivity index (χ2n) is 4.06. The molecule has 0 aliphatic rings. The van der Waals surface area contributed by atoms with Crippen molar-refractivity contribution in [3.05, 3.63) is 59.1 Å². The molecule has 0 aliphatic heterocycles. The molecule has 6 heteroatoms. The molecule has 0 fully saturated rings. The average Bonchev–Trinajstić information content (AvgIpc) is 2.36. The van der Waals surface area contributed by atoms with Gasteiger partial charge in [-0.05, 0) is 42.0 Å². The first-order valence-electron chi connectivity index (χ1n) is 5.76. The van der Waals surface area contributed by atoms with E-state index in [1.807, 2.05) is 18.2 Å². The topological polar surface area (TPSA) is 21.3 Å². The van der Waals surface area contributed by atoms with E-state index in [9.17, 15) is 13.2 Å². The lowest BCUT2D eigenvalue weighted by Crippen LogP contribution is -2.17. The molecule has 0 unspecified atom stereocenters. The van der Waals surface area contributed by atoms with Crippen molar-refractivity contribution in [1.82, 2.24) is 0 Å². The quantitative estimate of drug-likeness (QED) is 0.871. The first kappa shape index (κ1) is 14.5. The van der Waals surface area contributed by atoms with Crippen LogP contribution in [0.4, 0.5) is 18.9 Å². The first-order valence-corrected chi connectivity index (χ1v) is 6.14. The predicted molar refractivity (Wildman–Crippen MR) is 71.9 cm³/mol. The molecule has 0 radical (unpaired) electrons. The number of hydrogen-bond donors (Lipinski definition) is 1. The zero-order chi connectivity index (χ0) is 14.6. The molecule has 0 spiro atoms. The fourth-order valence-corrected chi connectivity index (χ4v) is 1.84. The molecule has 0 heterocycles. The van der Waals surface area contributed by atoms with Crippen LogP contribution in [0, 0.1) is 0 Å². The number of hydrogen-bond acceptors (Lipinski definition) is 2. The molecule has 106 valence electrons. The van der Waals surface area contributed by atoms with Crippen LogP contribution in [-0.2, 0) is 6.54 Å². The van der Waals surface area contributed by atoms with Gasteiger partial charge in [0.2, 0.25) is 0 Å². The van der Waals surface area contributed by atoms with Crippen LogP contribution in [0.25, 0.3) is 0 Å². The Balaban J connectivity index is 1.94. The second kappa shape index (κ2) is 6.05. The van der Waals surface area contributed by atoms with E-state index >= 15 is 0 Å². The lowest BCUT2D eigenvalue weighted by Gasteiger charge is -2.10. The molecule has 0 aromatic heterocycles. The van der Waals surface area contributed by atoms with Crippen LogP contribution >= 0.6 is 11.6 Å². The Morgan fingerprint density at radius 1 is 1.05 bits per heavy atom. The van der Waals surface area contributed by atoms with Crippen molar-refractivity contribution in [2.45, 2.75) is 12.9 Å². The van der Waals surface area contributed by atoms with E-state index in [1.165, 1.54) is 24.3 Å². The van der Waals surface area contributed by atoms with Gasteiger partial charge in [-0.25, -0.2) is 0 Å². The van der Waals surface area contributed by atoms with Gasteiger partial charge in [0.05, 0.1) is 0 Å². The third-order valence-corrected chi connectivity index (χ3v) is 2.71. The van der Waals surface area contributed by atoms with E-state index in [2.05, 4.69) is 10.1 Å². The van der Waals surface area contributed by atoms with E-state index in [1.54, 1.807) is 6.07 Å². The lowest BCUT2D eigenvalue weighted by atomic mass is 10.2. The maximum absolute atomic E-state index is 12.0. The fraction of sp³-hybridized carbons (Fsp3) is 0.143. The van der Waals surface area contributed by atoms with Gasteiger partial charge in [-0.2, -0.15) is 0 Å². The molecule has 1 N–H and O–H groups in total. The largest absolute Gasteiger partial charge is 0.573 e. The van der Waals surface area contributed by atoms with E-state index in [-0.39, 0.29) is 5.75 Å². The highest BCUT2D eigenvalue weighted by Crippen LogP contribution is 2.24. The lowest BCUT2D eigenvalue weighted by molar-refractivity contribution is -0.274. The SMILES string of the molecule is FC(F)(F)Oc1ccc(NCc2cccc(Cl)c2)cc1. The molecule has 2 aromatic rings. The number of rotatable bonds is 4. The molecule has 0 aliphatic carbocycles. The van der Waals surface area contributed by atoms with Gasteiger partial charge in [-0.1, -0.05) is 23.7 Å². The second-order valence-corrected chi connectivity index (χ2v) is 4.49. The zero-order valence-corrected chi connectivity index (χ0v) is 11.0. The van der Waals surface area contributed by atoms with E-state index in [0.717, 1.165) is 5.56 Å². The Labute approximate surface area is 119 Å². The Morgan fingerprint density at radius 2 is 1.75 bits per heavy atom. The first-order chi connectivity index (χ1) is 9.42. The van der Waals surface area contributed by atoms with Crippen LogP contribution in [0.2, 0.25) is 5.02 Å². The number of nitrogens with one attached hydrogen (secondary N) is 1. The summed E-state index contributed by atoms with van der Waals surface area (Å²) < 4.78 is 39.8. The van der Waals surface area contributed by atoms with Gasteiger partial charge in [-0.15, -0.1) is 13.2 Å². The Hall–Kier alpha value is -1.88. The summed E-state index contributed by atoms with van der Waals surface area (Å²) in [6.07, 6.45) is -4.67. The molecule has 2 rings (SSSR count). The molecular weight excluding hydrogens is 291 g/mol. The van der Waals surface area contributed by atoms with Crippen molar-refractivity contribution < 1.29 is 17.9 Å². The summed E-state index contributed by atoms with van der Waals surface area (Å²) in [7, 11) is 0. The van der Waals surface area contributed by atoms with Gasteiger partial charge in [0.15, 0.2) is 0 Å². The predicted octanol–water partition coefficient (Wildman–Crippen LogP) is 4.85. The van der Waals surface area contributed by atoms with Crippen molar-refractivity contribution in [2.75, 3.05) is 5.32 Å². The minimum Gasteiger partial charge on any atom is -0.406 e. The van der Waals surface area contributed by atoms with Crippen LogP contribution in [0.3, 0.4) is 0 Å². The maximum atomic E-state index is 12.0. The molecule has 0 amide bonds. The molecule has 0 atom stereocenters. The summed E-state index contributed by atoms with van der Waals surface area (Å²) >= 11 is 5.86.